The summed E-state index contributed by atoms with van der Waals surface area (Å²) >= 11 is 2.02. The molecule has 0 saturated heterocycles. The van der Waals surface area contributed by atoms with Crippen molar-refractivity contribution in [3.8, 4) is 5.75 Å². The maximum Gasteiger partial charge on any atom is 0.348 e. The molecule has 0 radical (unpaired) electrons. The molecule has 0 unspecified atom stereocenters. The van der Waals surface area contributed by atoms with Crippen LogP contribution < -0.4 is 15.4 Å². The fourth-order valence-corrected chi connectivity index (χ4v) is 5.12. The molecule has 10 nitrogen and oxygen atoms in total. The number of thiophene rings is 1. The number of anilines is 2. The Kier molecular flexibility index (Phi) is 9.28. The number of nitrogens with one attached hydrogen (secondary N) is 3. The second-order valence-electron chi connectivity index (χ2n) is 7.92. The van der Waals surface area contributed by atoms with Crippen LogP contribution in [-0.4, -0.2) is 45.3 Å². The van der Waals surface area contributed by atoms with E-state index in [9.17, 15) is 18.8 Å². The molecule has 0 atom stereocenters. The molecule has 4 rings (SSSR count). The predicted octanol–water partition coefficient (Wildman–Crippen LogP) is 5.05. The summed E-state index contributed by atoms with van der Waals surface area (Å²) in [6.45, 7) is 3.45. The summed E-state index contributed by atoms with van der Waals surface area (Å²) in [5.41, 5.74) is 1.15. The van der Waals surface area contributed by atoms with Crippen LogP contribution in [0.25, 0.3) is 0 Å². The normalized spacial score (nSPS) is 10.6. The third-order valence-electron chi connectivity index (χ3n) is 5.16. The molecule has 39 heavy (non-hydrogen) atoms. The van der Waals surface area contributed by atoms with E-state index >= 15 is 0 Å². The monoisotopic (exact) mass is 569 g/mol. The lowest BCUT2D eigenvalue weighted by Gasteiger charge is -2.08. The number of aromatic amines is 1. The number of amides is 2. The zero-order valence-electron chi connectivity index (χ0n) is 20.9. The average Bonchev–Trinajstić information content (AvgIpc) is 3.51. The van der Waals surface area contributed by atoms with E-state index in [2.05, 4.69) is 25.8 Å². The molecule has 0 aliphatic carbocycles. The van der Waals surface area contributed by atoms with E-state index in [1.807, 2.05) is 6.07 Å². The third kappa shape index (κ3) is 7.21. The molecule has 3 N–H and O–H groups in total. The van der Waals surface area contributed by atoms with Crippen LogP contribution in [0.4, 0.5) is 15.1 Å². The minimum absolute atomic E-state index is 0.0360. The zero-order valence-corrected chi connectivity index (χ0v) is 22.6. The molecular weight excluding hydrogens is 545 g/mol. The van der Waals surface area contributed by atoms with Gasteiger partial charge >= 0.3 is 5.97 Å². The van der Waals surface area contributed by atoms with Crippen LogP contribution >= 0.6 is 23.1 Å². The van der Waals surface area contributed by atoms with Crippen molar-refractivity contribution in [2.75, 3.05) is 23.0 Å². The van der Waals surface area contributed by atoms with Gasteiger partial charge in [0.25, 0.3) is 5.91 Å². The molecule has 0 bridgehead atoms. The van der Waals surface area contributed by atoms with E-state index in [0.717, 1.165) is 23.1 Å². The van der Waals surface area contributed by atoms with E-state index in [4.69, 9.17) is 9.47 Å². The first-order valence-electron chi connectivity index (χ1n) is 11.7. The van der Waals surface area contributed by atoms with Crippen molar-refractivity contribution in [3.05, 3.63) is 82.2 Å². The number of esters is 1. The van der Waals surface area contributed by atoms with Gasteiger partial charge in [-0.15, -0.1) is 16.4 Å². The van der Waals surface area contributed by atoms with E-state index in [1.54, 1.807) is 50.2 Å². The highest BCUT2D eigenvalue weighted by atomic mass is 32.2. The Balaban J connectivity index is 1.41. The lowest BCUT2D eigenvalue weighted by Crippen LogP contribution is -2.18. The van der Waals surface area contributed by atoms with Gasteiger partial charge in [-0.3, -0.25) is 14.7 Å². The van der Waals surface area contributed by atoms with Crippen LogP contribution in [0.5, 0.6) is 5.75 Å². The van der Waals surface area contributed by atoms with E-state index in [-0.39, 0.29) is 45.3 Å². The Hall–Kier alpha value is -4.23. The quantitative estimate of drug-likeness (QED) is 0.169. The summed E-state index contributed by atoms with van der Waals surface area (Å²) in [6, 6.07) is 14.8. The minimum Gasteiger partial charge on any atom is -0.483 e. The summed E-state index contributed by atoms with van der Waals surface area (Å²) < 4.78 is 24.2. The summed E-state index contributed by atoms with van der Waals surface area (Å²) in [7, 11) is 0. The van der Waals surface area contributed by atoms with Gasteiger partial charge in [0.05, 0.1) is 17.9 Å². The molecule has 2 aromatic heterocycles. The number of halogens is 1. The average molecular weight is 570 g/mol. The van der Waals surface area contributed by atoms with Crippen LogP contribution in [0.3, 0.4) is 0 Å². The Morgan fingerprint density at radius 1 is 1.08 bits per heavy atom. The van der Waals surface area contributed by atoms with Gasteiger partial charge in [0, 0.05) is 5.69 Å². The van der Waals surface area contributed by atoms with Crippen LogP contribution in [0.1, 0.15) is 38.3 Å². The number of hydrogen-bond donors (Lipinski definition) is 3. The fraction of sp³-hybridized carbons (Fsp3) is 0.192. The molecule has 0 aliphatic rings. The number of hydrogen-bond acceptors (Lipinski definition) is 9. The largest absolute Gasteiger partial charge is 0.483 e. The van der Waals surface area contributed by atoms with Crippen LogP contribution in [0.15, 0.2) is 59.8 Å². The highest BCUT2D eigenvalue weighted by Crippen LogP contribution is 2.34. The minimum atomic E-state index is -0.575. The van der Waals surface area contributed by atoms with Gasteiger partial charge in [-0.25, -0.2) is 14.2 Å². The topological polar surface area (TPSA) is 135 Å². The number of ether oxygens (including phenoxy) is 2. The second kappa shape index (κ2) is 13.0. The maximum atomic E-state index is 13.7. The molecule has 0 spiro atoms. The summed E-state index contributed by atoms with van der Waals surface area (Å²) in [5, 5.41) is 12.7. The summed E-state index contributed by atoms with van der Waals surface area (Å²) in [6.07, 6.45) is 0. The van der Waals surface area contributed by atoms with Gasteiger partial charge in [-0.2, -0.15) is 0 Å². The zero-order chi connectivity index (χ0) is 27.8. The SMILES string of the molecule is CCOC(=O)c1sc(NC(=O)CSc2n[nH]c(COc3ccccc3F)n2)c(C(=O)Nc2ccccc2)c1C. The van der Waals surface area contributed by atoms with E-state index in [1.165, 1.54) is 12.1 Å². The maximum absolute atomic E-state index is 13.7. The lowest BCUT2D eigenvalue weighted by molar-refractivity contribution is -0.113. The molecule has 0 fully saturated rings. The first kappa shape index (κ1) is 27.8. The molecular formula is C26H24FN5O5S2. The Morgan fingerprint density at radius 3 is 2.56 bits per heavy atom. The van der Waals surface area contributed by atoms with Crippen molar-refractivity contribution in [2.45, 2.75) is 25.6 Å². The molecule has 0 aliphatic heterocycles. The van der Waals surface area contributed by atoms with Crippen molar-refractivity contribution >= 4 is 51.6 Å². The Labute approximate surface area is 231 Å². The number of H-pyrrole nitrogens is 1. The number of para-hydroxylation sites is 2. The van der Waals surface area contributed by atoms with Crippen LogP contribution in [-0.2, 0) is 16.1 Å². The molecule has 13 heteroatoms. The number of aromatic nitrogens is 3. The first-order chi connectivity index (χ1) is 18.9. The van der Waals surface area contributed by atoms with Crippen LogP contribution in [0.2, 0.25) is 0 Å². The second-order valence-corrected chi connectivity index (χ2v) is 9.88. The van der Waals surface area contributed by atoms with Crippen LogP contribution in [0, 0.1) is 12.7 Å². The van der Waals surface area contributed by atoms with Crippen molar-refractivity contribution in [1.29, 1.82) is 0 Å². The highest BCUT2D eigenvalue weighted by molar-refractivity contribution is 7.99. The van der Waals surface area contributed by atoms with Gasteiger partial charge in [0.15, 0.2) is 17.4 Å². The molecule has 4 aromatic rings. The summed E-state index contributed by atoms with van der Waals surface area (Å²) in [4.78, 5) is 42.8. The van der Waals surface area contributed by atoms with Gasteiger partial charge in [-0.1, -0.05) is 42.1 Å². The number of thioether (sulfide) groups is 1. The number of rotatable bonds is 11. The lowest BCUT2D eigenvalue weighted by atomic mass is 10.1. The number of benzene rings is 2. The van der Waals surface area contributed by atoms with Crippen molar-refractivity contribution in [1.82, 2.24) is 15.2 Å². The number of carbonyl (C=O) groups excluding carboxylic acids is 3. The number of carbonyl (C=O) groups is 3. The highest BCUT2D eigenvalue weighted by Gasteiger charge is 2.26. The first-order valence-corrected chi connectivity index (χ1v) is 13.5. The van der Waals surface area contributed by atoms with E-state index < -0.39 is 23.6 Å². The van der Waals surface area contributed by atoms with Gasteiger partial charge in [-0.05, 0) is 43.7 Å². The standard InChI is InChI=1S/C26H24FN5O5S2/c1-3-36-25(35)22-15(2)21(23(34)28-16-9-5-4-6-10-16)24(39-22)30-20(33)14-38-26-29-19(31-32-26)13-37-18-12-8-7-11-17(18)27/h4-12H,3,13-14H2,1-2H3,(H,28,34)(H,30,33)(H,29,31,32). The Morgan fingerprint density at radius 2 is 1.82 bits per heavy atom. The third-order valence-corrected chi connectivity index (χ3v) is 7.20. The van der Waals surface area contributed by atoms with Crippen molar-refractivity contribution in [3.63, 3.8) is 0 Å². The fourth-order valence-electron chi connectivity index (χ4n) is 3.39. The molecule has 2 heterocycles. The molecule has 202 valence electrons. The molecule has 2 aromatic carbocycles. The van der Waals surface area contributed by atoms with Gasteiger partial charge < -0.3 is 20.1 Å². The Bertz CT molecular complexity index is 1470. The van der Waals surface area contributed by atoms with E-state index in [0.29, 0.717) is 17.1 Å². The molecule has 0 saturated carbocycles. The van der Waals surface area contributed by atoms with Gasteiger partial charge in [0.2, 0.25) is 11.1 Å². The van der Waals surface area contributed by atoms with Gasteiger partial charge in [0.1, 0.15) is 16.5 Å². The summed E-state index contributed by atoms with van der Waals surface area (Å²) in [5.74, 6) is -1.60. The van der Waals surface area contributed by atoms with Crippen molar-refractivity contribution in [2.24, 2.45) is 0 Å². The smallest absolute Gasteiger partial charge is 0.348 e. The molecule has 2 amide bonds. The predicted molar refractivity (Wildman–Crippen MR) is 146 cm³/mol. The number of nitrogens with zero attached hydrogens (tertiary/aromatic N) is 2. The van der Waals surface area contributed by atoms with Crippen molar-refractivity contribution < 1.29 is 28.2 Å².